The lowest BCUT2D eigenvalue weighted by molar-refractivity contribution is -0.0513. The van der Waals surface area contributed by atoms with Crippen LogP contribution < -0.4 is 0 Å². The number of hydrogen-bond acceptors (Lipinski definition) is 4. The minimum Gasteiger partial charge on any atom is -0.392 e. The van der Waals surface area contributed by atoms with Crippen molar-refractivity contribution in [2.24, 2.45) is 5.92 Å². The highest BCUT2D eigenvalue weighted by molar-refractivity contribution is 5.94. The fourth-order valence-corrected chi connectivity index (χ4v) is 3.21. The van der Waals surface area contributed by atoms with Crippen LogP contribution in [0.15, 0.2) is 24.3 Å². The van der Waals surface area contributed by atoms with Crippen molar-refractivity contribution in [1.82, 2.24) is 9.80 Å². The van der Waals surface area contributed by atoms with Crippen LogP contribution in [0.3, 0.4) is 0 Å². The third-order valence-corrected chi connectivity index (χ3v) is 4.53. The summed E-state index contributed by atoms with van der Waals surface area (Å²) in [4.78, 5) is 16.8. The number of nitrogens with zero attached hydrogens (tertiary/aromatic N) is 2. The second-order valence-corrected chi connectivity index (χ2v) is 7.43. The molecule has 146 valence electrons. The van der Waals surface area contributed by atoms with Crippen LogP contribution in [0, 0.1) is 11.7 Å². The normalized spacial score (nSPS) is 19.5. The first-order valence-electron chi connectivity index (χ1n) is 9.45. The van der Waals surface area contributed by atoms with Crippen LogP contribution in [0.25, 0.3) is 0 Å². The molecule has 5 nitrogen and oxygen atoms in total. The van der Waals surface area contributed by atoms with Crippen molar-refractivity contribution >= 4 is 5.91 Å². The minimum absolute atomic E-state index is 0.107. The van der Waals surface area contributed by atoms with Gasteiger partial charge >= 0.3 is 0 Å². The molecule has 1 N–H and O–H groups in total. The van der Waals surface area contributed by atoms with Gasteiger partial charge in [0.05, 0.1) is 18.8 Å². The Morgan fingerprint density at radius 2 is 2.23 bits per heavy atom. The first-order chi connectivity index (χ1) is 12.4. The number of aliphatic hydroxyl groups excluding tert-OH is 1. The van der Waals surface area contributed by atoms with Gasteiger partial charge in [-0.25, -0.2) is 4.39 Å². The number of aliphatic hydroxyl groups is 1. The Morgan fingerprint density at radius 3 is 2.88 bits per heavy atom. The van der Waals surface area contributed by atoms with E-state index in [2.05, 4.69) is 18.7 Å². The molecule has 1 aliphatic heterocycles. The monoisotopic (exact) mass is 366 g/mol. The molecule has 1 amide bonds. The number of carbonyl (C=O) groups excluding carboxylic acids is 1. The van der Waals surface area contributed by atoms with Gasteiger partial charge in [0.15, 0.2) is 0 Å². The van der Waals surface area contributed by atoms with Crippen molar-refractivity contribution < 1.29 is 19.0 Å². The van der Waals surface area contributed by atoms with Crippen LogP contribution in [0.5, 0.6) is 0 Å². The average Bonchev–Trinajstić information content (AvgIpc) is 2.60. The fraction of sp³-hybridized carbons (Fsp3) is 0.650. The van der Waals surface area contributed by atoms with Crippen LogP contribution in [0.4, 0.5) is 4.39 Å². The largest absolute Gasteiger partial charge is 0.392 e. The predicted molar refractivity (Wildman–Crippen MR) is 99.6 cm³/mol. The predicted octanol–water partition coefficient (Wildman–Crippen LogP) is 2.40. The standard InChI is InChI=1S/C20H31FN2O3/c1-4-18(24)12-22-8-9-26-19(13-22)14-23(11-15(2)3)20(25)16-6-5-7-17(21)10-16/h5-7,10,15,18-19,24H,4,8-9,11-14H2,1-3H3/t18-,19-/m1/s1. The maximum Gasteiger partial charge on any atom is 0.254 e. The third kappa shape index (κ3) is 6.34. The van der Waals surface area contributed by atoms with Gasteiger partial charge in [-0.1, -0.05) is 26.8 Å². The number of halogens is 1. The van der Waals surface area contributed by atoms with Gasteiger partial charge in [-0.3, -0.25) is 9.69 Å². The van der Waals surface area contributed by atoms with E-state index in [4.69, 9.17) is 4.74 Å². The zero-order valence-electron chi connectivity index (χ0n) is 16.0. The molecular weight excluding hydrogens is 335 g/mol. The lowest BCUT2D eigenvalue weighted by Gasteiger charge is -2.37. The van der Waals surface area contributed by atoms with Crippen molar-refractivity contribution in [2.45, 2.75) is 39.4 Å². The maximum atomic E-state index is 13.5. The van der Waals surface area contributed by atoms with Crippen LogP contribution in [0.2, 0.25) is 0 Å². The lowest BCUT2D eigenvalue weighted by Crippen LogP contribution is -2.50. The highest BCUT2D eigenvalue weighted by Crippen LogP contribution is 2.14. The molecule has 1 aliphatic rings. The Bertz CT molecular complexity index is 582. The van der Waals surface area contributed by atoms with E-state index >= 15 is 0 Å². The van der Waals surface area contributed by atoms with E-state index in [-0.39, 0.29) is 18.1 Å². The summed E-state index contributed by atoms with van der Waals surface area (Å²) in [6.45, 7) is 9.81. The van der Waals surface area contributed by atoms with Crippen LogP contribution in [-0.2, 0) is 4.74 Å². The quantitative estimate of drug-likeness (QED) is 0.768. The van der Waals surface area contributed by atoms with E-state index in [1.807, 2.05) is 6.92 Å². The summed E-state index contributed by atoms with van der Waals surface area (Å²) in [7, 11) is 0. The van der Waals surface area contributed by atoms with Crippen LogP contribution >= 0.6 is 0 Å². The molecule has 2 atom stereocenters. The fourth-order valence-electron chi connectivity index (χ4n) is 3.21. The van der Waals surface area contributed by atoms with Crippen LogP contribution in [-0.4, -0.2) is 72.4 Å². The first-order valence-corrected chi connectivity index (χ1v) is 9.45. The van der Waals surface area contributed by atoms with Gasteiger partial charge in [0.2, 0.25) is 0 Å². The zero-order chi connectivity index (χ0) is 19.1. The van der Waals surface area contributed by atoms with Gasteiger partial charge in [0, 0.05) is 38.3 Å². The summed E-state index contributed by atoms with van der Waals surface area (Å²) in [6.07, 6.45) is 0.276. The SMILES string of the molecule is CC[C@@H](O)CN1CCO[C@@H](CN(CC(C)C)C(=O)c2cccc(F)c2)C1. The summed E-state index contributed by atoms with van der Waals surface area (Å²) in [5.41, 5.74) is 0.361. The Morgan fingerprint density at radius 1 is 1.46 bits per heavy atom. The smallest absolute Gasteiger partial charge is 0.254 e. The molecule has 0 bridgehead atoms. The summed E-state index contributed by atoms with van der Waals surface area (Å²) in [5, 5.41) is 9.88. The molecule has 0 spiro atoms. The number of ether oxygens (including phenoxy) is 1. The van der Waals surface area contributed by atoms with Gasteiger partial charge in [0.1, 0.15) is 5.82 Å². The van der Waals surface area contributed by atoms with Gasteiger partial charge in [-0.15, -0.1) is 0 Å². The molecular formula is C20H31FN2O3. The Hall–Kier alpha value is -1.50. The number of carbonyl (C=O) groups is 1. The second kappa shape index (κ2) is 10.00. The van der Waals surface area contributed by atoms with E-state index in [1.165, 1.54) is 12.1 Å². The Balaban J connectivity index is 2.03. The number of benzene rings is 1. The van der Waals surface area contributed by atoms with E-state index in [1.54, 1.807) is 17.0 Å². The van der Waals surface area contributed by atoms with Crippen molar-refractivity contribution in [3.05, 3.63) is 35.6 Å². The topological polar surface area (TPSA) is 53.0 Å². The molecule has 26 heavy (non-hydrogen) atoms. The van der Waals surface area contributed by atoms with Gasteiger partial charge in [-0.2, -0.15) is 0 Å². The summed E-state index contributed by atoms with van der Waals surface area (Å²) < 4.78 is 19.3. The minimum atomic E-state index is -0.408. The van der Waals surface area contributed by atoms with Gasteiger partial charge in [-0.05, 0) is 30.5 Å². The van der Waals surface area contributed by atoms with Crippen molar-refractivity contribution in [3.8, 4) is 0 Å². The zero-order valence-corrected chi connectivity index (χ0v) is 16.0. The van der Waals surface area contributed by atoms with E-state index in [0.29, 0.717) is 44.3 Å². The van der Waals surface area contributed by atoms with Gasteiger partial charge < -0.3 is 14.7 Å². The number of morpholine rings is 1. The highest BCUT2D eigenvalue weighted by atomic mass is 19.1. The van der Waals surface area contributed by atoms with Crippen LogP contribution in [0.1, 0.15) is 37.6 Å². The van der Waals surface area contributed by atoms with E-state index in [0.717, 1.165) is 13.0 Å². The molecule has 6 heteroatoms. The summed E-state index contributed by atoms with van der Waals surface area (Å²) >= 11 is 0. The average molecular weight is 366 g/mol. The van der Waals surface area contributed by atoms with E-state index in [9.17, 15) is 14.3 Å². The Labute approximate surface area is 155 Å². The molecule has 2 rings (SSSR count). The molecule has 1 aromatic carbocycles. The maximum absolute atomic E-state index is 13.5. The molecule has 0 saturated carbocycles. The molecule has 0 aromatic heterocycles. The first kappa shape index (κ1) is 20.8. The number of amides is 1. The molecule has 1 saturated heterocycles. The molecule has 0 aliphatic carbocycles. The van der Waals surface area contributed by atoms with Crippen molar-refractivity contribution in [3.63, 3.8) is 0 Å². The lowest BCUT2D eigenvalue weighted by atomic mass is 10.1. The number of rotatable bonds is 8. The molecule has 1 fully saturated rings. The van der Waals surface area contributed by atoms with E-state index < -0.39 is 5.82 Å². The second-order valence-electron chi connectivity index (χ2n) is 7.43. The van der Waals surface area contributed by atoms with Crippen molar-refractivity contribution in [2.75, 3.05) is 39.3 Å². The third-order valence-electron chi connectivity index (χ3n) is 4.53. The molecule has 1 heterocycles. The molecule has 0 unspecified atom stereocenters. The summed E-state index contributed by atoms with van der Waals surface area (Å²) in [6, 6.07) is 5.82. The van der Waals surface area contributed by atoms with Crippen molar-refractivity contribution in [1.29, 1.82) is 0 Å². The summed E-state index contributed by atoms with van der Waals surface area (Å²) in [5.74, 6) is -0.282. The van der Waals surface area contributed by atoms with Gasteiger partial charge in [0.25, 0.3) is 5.91 Å². The molecule has 1 aromatic rings. The number of hydrogen-bond donors (Lipinski definition) is 1. The molecule has 0 radical (unpaired) electrons. The highest BCUT2D eigenvalue weighted by Gasteiger charge is 2.27. The number of β-amino-alcohol motifs (C(OH)–C–C–N with tert-alkyl or cyclic N) is 1. The Kier molecular flexibility index (Phi) is 8.00.